The molecule has 0 fully saturated rings. The van der Waals surface area contributed by atoms with E-state index in [-0.39, 0.29) is 5.27 Å². The molecule has 0 aliphatic carbocycles. The van der Waals surface area contributed by atoms with Crippen molar-refractivity contribution in [2.75, 3.05) is 0 Å². The largest absolute Gasteiger partial charge is 0.486 e. The van der Waals surface area contributed by atoms with Crippen LogP contribution in [0.2, 0.25) is 0 Å². The van der Waals surface area contributed by atoms with Crippen molar-refractivity contribution in [1.82, 2.24) is 5.32 Å². The van der Waals surface area contributed by atoms with Crippen LogP contribution >= 0.6 is 11.8 Å². The molecule has 0 radical (unpaired) electrons. The van der Waals surface area contributed by atoms with Crippen molar-refractivity contribution in [3.63, 3.8) is 0 Å². The number of hydrogen-bond donors (Lipinski definition) is 3. The molecule has 0 bridgehead atoms. The van der Waals surface area contributed by atoms with Gasteiger partial charge in [-0.25, -0.2) is 0 Å². The third-order valence-corrected chi connectivity index (χ3v) is 1.79. The van der Waals surface area contributed by atoms with E-state index < -0.39 is 7.12 Å². The lowest BCUT2D eigenvalue weighted by molar-refractivity contribution is 0.399. The van der Waals surface area contributed by atoms with Crippen LogP contribution in [0.5, 0.6) is 0 Å². The van der Waals surface area contributed by atoms with Crippen LogP contribution in [0.4, 0.5) is 0 Å². The normalized spacial score (nSPS) is 25.5. The molecular formula is C3H6BNO2S. The summed E-state index contributed by atoms with van der Waals surface area (Å²) in [5.74, 6) is 0. The summed E-state index contributed by atoms with van der Waals surface area (Å²) < 4.78 is 0. The maximum Gasteiger partial charge on any atom is 0.486 e. The summed E-state index contributed by atoms with van der Waals surface area (Å²) in [6.45, 7) is 0. The van der Waals surface area contributed by atoms with Gasteiger partial charge >= 0.3 is 7.12 Å². The van der Waals surface area contributed by atoms with Crippen molar-refractivity contribution in [3.05, 3.63) is 11.6 Å². The molecule has 8 heavy (non-hydrogen) atoms. The highest BCUT2D eigenvalue weighted by molar-refractivity contribution is 8.04. The summed E-state index contributed by atoms with van der Waals surface area (Å²) in [6, 6.07) is 0. The number of hydrogen-bond acceptors (Lipinski definition) is 4. The molecule has 0 aromatic rings. The fraction of sp³-hybridized carbons (Fsp3) is 0.333. The molecule has 3 N–H and O–H groups in total. The van der Waals surface area contributed by atoms with Crippen LogP contribution < -0.4 is 5.32 Å². The first-order valence-electron chi connectivity index (χ1n) is 2.23. The summed E-state index contributed by atoms with van der Waals surface area (Å²) in [4.78, 5) is 0. The van der Waals surface area contributed by atoms with Gasteiger partial charge in [-0.3, -0.25) is 0 Å². The Morgan fingerprint density at radius 3 is 2.62 bits per heavy atom. The monoisotopic (exact) mass is 131 g/mol. The van der Waals surface area contributed by atoms with Gasteiger partial charge in [-0.2, -0.15) is 0 Å². The van der Waals surface area contributed by atoms with Crippen molar-refractivity contribution in [1.29, 1.82) is 0 Å². The molecule has 1 unspecified atom stereocenters. The Kier molecular flexibility index (Phi) is 1.83. The van der Waals surface area contributed by atoms with Gasteiger partial charge in [-0.1, -0.05) is 0 Å². The maximum atomic E-state index is 8.48. The first kappa shape index (κ1) is 6.00. The average molecular weight is 131 g/mol. The van der Waals surface area contributed by atoms with E-state index >= 15 is 0 Å². The average Bonchev–Trinajstić information content (AvgIpc) is 2.12. The summed E-state index contributed by atoms with van der Waals surface area (Å²) in [5, 5.41) is 21.2. The van der Waals surface area contributed by atoms with E-state index in [2.05, 4.69) is 5.32 Å². The second kappa shape index (κ2) is 2.43. The van der Waals surface area contributed by atoms with E-state index in [0.29, 0.717) is 0 Å². The quantitative estimate of drug-likeness (QED) is 0.405. The van der Waals surface area contributed by atoms with Crippen LogP contribution in [0.25, 0.3) is 0 Å². The van der Waals surface area contributed by atoms with E-state index in [0.717, 1.165) is 0 Å². The fourth-order valence-electron chi connectivity index (χ4n) is 0.454. The smallest absolute Gasteiger partial charge is 0.425 e. The molecule has 44 valence electrons. The molecule has 0 aromatic heterocycles. The van der Waals surface area contributed by atoms with Gasteiger partial charge in [0.05, 0.1) is 0 Å². The highest BCUT2D eigenvalue weighted by Gasteiger charge is 2.23. The van der Waals surface area contributed by atoms with Crippen LogP contribution in [0, 0.1) is 0 Å². The second-order valence-corrected chi connectivity index (χ2v) is 2.49. The molecule has 0 aromatic carbocycles. The topological polar surface area (TPSA) is 52.5 Å². The molecule has 5 heteroatoms. The highest BCUT2D eigenvalue weighted by Crippen LogP contribution is 2.15. The number of rotatable bonds is 1. The standard InChI is InChI=1S/C3H6BNO2S/c6-4(7)3-5-1-2-8-3/h1-3,5-7H. The zero-order valence-corrected chi connectivity index (χ0v) is 4.93. The lowest BCUT2D eigenvalue weighted by Gasteiger charge is -2.05. The fourth-order valence-corrected chi connectivity index (χ4v) is 1.08. The van der Waals surface area contributed by atoms with Crippen LogP contribution in [0.1, 0.15) is 0 Å². The van der Waals surface area contributed by atoms with E-state index in [1.807, 2.05) is 0 Å². The molecule has 0 saturated heterocycles. The summed E-state index contributed by atoms with van der Waals surface area (Å²) in [7, 11) is -1.27. The Morgan fingerprint density at radius 2 is 2.38 bits per heavy atom. The predicted molar refractivity (Wildman–Crippen MR) is 33.8 cm³/mol. The first-order chi connectivity index (χ1) is 3.80. The lowest BCUT2D eigenvalue weighted by atomic mass is 9.92. The Hall–Kier alpha value is -0.125. The molecule has 0 amide bonds. The van der Waals surface area contributed by atoms with E-state index in [1.165, 1.54) is 11.8 Å². The summed E-state index contributed by atoms with van der Waals surface area (Å²) in [6.07, 6.45) is 1.69. The first-order valence-corrected chi connectivity index (χ1v) is 3.17. The molecule has 0 saturated carbocycles. The molecule has 1 rings (SSSR count). The van der Waals surface area contributed by atoms with E-state index in [4.69, 9.17) is 10.0 Å². The van der Waals surface area contributed by atoms with Gasteiger partial charge in [0.25, 0.3) is 0 Å². The minimum Gasteiger partial charge on any atom is -0.425 e. The Bertz CT molecular complexity index is 99.5. The van der Waals surface area contributed by atoms with Crippen molar-refractivity contribution in [2.24, 2.45) is 0 Å². The Labute approximate surface area is 51.9 Å². The molecular weight excluding hydrogens is 125 g/mol. The van der Waals surface area contributed by atoms with E-state index in [9.17, 15) is 0 Å². The van der Waals surface area contributed by atoms with Gasteiger partial charge in [0.2, 0.25) is 0 Å². The van der Waals surface area contributed by atoms with Gasteiger partial charge in [-0.05, 0) is 5.41 Å². The zero-order valence-electron chi connectivity index (χ0n) is 4.11. The van der Waals surface area contributed by atoms with E-state index in [1.54, 1.807) is 11.6 Å². The van der Waals surface area contributed by atoms with Crippen LogP contribution in [0.3, 0.4) is 0 Å². The van der Waals surface area contributed by atoms with Gasteiger partial charge in [0.1, 0.15) is 5.27 Å². The van der Waals surface area contributed by atoms with Gasteiger partial charge in [0, 0.05) is 6.20 Å². The highest BCUT2D eigenvalue weighted by atomic mass is 32.2. The SMILES string of the molecule is OB(O)C1NC=CS1. The molecule has 3 nitrogen and oxygen atoms in total. The van der Waals surface area contributed by atoms with Gasteiger partial charge in [0.15, 0.2) is 0 Å². The number of nitrogens with one attached hydrogen (secondary N) is 1. The molecule has 1 aliphatic rings. The molecule has 1 atom stereocenters. The van der Waals surface area contributed by atoms with Crippen molar-refractivity contribution >= 4 is 18.9 Å². The van der Waals surface area contributed by atoms with Crippen LogP contribution in [-0.4, -0.2) is 22.4 Å². The summed E-state index contributed by atoms with van der Waals surface area (Å²) in [5.41, 5.74) is 0. The molecule has 1 heterocycles. The van der Waals surface area contributed by atoms with Gasteiger partial charge in [-0.15, -0.1) is 11.8 Å². The summed E-state index contributed by atoms with van der Waals surface area (Å²) >= 11 is 1.36. The predicted octanol–water partition coefficient (Wildman–Crippen LogP) is -0.868. The third kappa shape index (κ3) is 1.18. The third-order valence-electron chi connectivity index (χ3n) is 0.824. The molecule has 1 aliphatic heterocycles. The minimum atomic E-state index is -1.27. The van der Waals surface area contributed by atoms with Crippen LogP contribution in [0.15, 0.2) is 11.6 Å². The number of thioether (sulfide) groups is 1. The van der Waals surface area contributed by atoms with Crippen molar-refractivity contribution < 1.29 is 10.0 Å². The van der Waals surface area contributed by atoms with Crippen molar-refractivity contribution in [2.45, 2.75) is 5.27 Å². The molecule has 0 spiro atoms. The van der Waals surface area contributed by atoms with Gasteiger partial charge < -0.3 is 15.4 Å². The Morgan fingerprint density at radius 1 is 1.62 bits per heavy atom. The van der Waals surface area contributed by atoms with Crippen molar-refractivity contribution in [3.8, 4) is 0 Å². The van der Waals surface area contributed by atoms with Crippen LogP contribution in [-0.2, 0) is 0 Å². The zero-order chi connectivity index (χ0) is 5.98. The Balaban J connectivity index is 2.29. The second-order valence-electron chi connectivity index (χ2n) is 1.44. The maximum absolute atomic E-state index is 8.48. The minimum absolute atomic E-state index is 0.269. The lowest BCUT2D eigenvalue weighted by Crippen LogP contribution is -2.35.